The van der Waals surface area contributed by atoms with Crippen molar-refractivity contribution in [1.29, 1.82) is 0 Å². The highest BCUT2D eigenvalue weighted by molar-refractivity contribution is 7.16. The van der Waals surface area contributed by atoms with E-state index in [1.165, 1.54) is 67.5 Å². The average molecular weight is 276 g/mol. The van der Waals surface area contributed by atoms with Crippen molar-refractivity contribution in [3.05, 3.63) is 16.0 Å². The molecule has 0 aromatic carbocycles. The van der Waals surface area contributed by atoms with Crippen LogP contribution in [0.1, 0.15) is 54.5 Å². The number of aliphatic imine (C=N–C) groups is 1. The van der Waals surface area contributed by atoms with Crippen molar-refractivity contribution in [1.82, 2.24) is 0 Å². The normalized spacial score (nSPS) is 22.4. The maximum absolute atomic E-state index is 6.26. The van der Waals surface area contributed by atoms with Gasteiger partial charge in [0.2, 0.25) is 5.90 Å². The lowest BCUT2D eigenvalue weighted by Gasteiger charge is -2.25. The Labute approximate surface area is 118 Å². The fourth-order valence-corrected chi connectivity index (χ4v) is 4.72. The smallest absolute Gasteiger partial charge is 0.221 e. The fraction of sp³-hybridized carbons (Fsp3) is 0.667. The average Bonchev–Trinajstić information content (AvgIpc) is 3.00. The second kappa shape index (κ2) is 4.82. The molecule has 4 heteroatoms. The summed E-state index contributed by atoms with van der Waals surface area (Å²) in [6.07, 6.45) is 10.5. The van der Waals surface area contributed by atoms with E-state index in [4.69, 9.17) is 4.74 Å². The van der Waals surface area contributed by atoms with Crippen molar-refractivity contribution in [2.24, 2.45) is 4.99 Å². The zero-order chi connectivity index (χ0) is 12.7. The van der Waals surface area contributed by atoms with Crippen LogP contribution in [0.5, 0.6) is 0 Å². The first kappa shape index (κ1) is 11.8. The topological polar surface area (TPSA) is 33.6 Å². The van der Waals surface area contributed by atoms with E-state index in [1.807, 2.05) is 11.3 Å². The van der Waals surface area contributed by atoms with Gasteiger partial charge in [0, 0.05) is 4.88 Å². The van der Waals surface area contributed by atoms with Crippen LogP contribution in [0.25, 0.3) is 0 Å². The molecule has 1 aromatic heterocycles. The predicted molar refractivity (Wildman–Crippen MR) is 79.3 cm³/mol. The molecule has 1 aromatic rings. The molecule has 0 bridgehead atoms. The summed E-state index contributed by atoms with van der Waals surface area (Å²) in [6.45, 7) is 0.675. The van der Waals surface area contributed by atoms with Gasteiger partial charge in [-0.1, -0.05) is 6.42 Å². The minimum absolute atomic E-state index is 0.399. The number of thiophene rings is 1. The third-order valence-electron chi connectivity index (χ3n) is 4.43. The molecule has 0 spiro atoms. The van der Waals surface area contributed by atoms with Gasteiger partial charge in [0.1, 0.15) is 17.8 Å². The molecule has 0 atom stereocenters. The van der Waals surface area contributed by atoms with Crippen LogP contribution in [0.2, 0.25) is 0 Å². The molecule has 2 heterocycles. The molecule has 19 heavy (non-hydrogen) atoms. The highest BCUT2D eigenvalue weighted by Crippen LogP contribution is 2.41. The number of rotatable bonds is 1. The van der Waals surface area contributed by atoms with Gasteiger partial charge in [-0.3, -0.25) is 0 Å². The quantitative estimate of drug-likeness (QED) is 0.848. The molecular weight excluding hydrogens is 256 g/mol. The van der Waals surface area contributed by atoms with E-state index in [0.717, 1.165) is 5.90 Å². The van der Waals surface area contributed by atoms with Crippen molar-refractivity contribution < 1.29 is 4.74 Å². The summed E-state index contributed by atoms with van der Waals surface area (Å²) in [5, 5.41) is 4.71. The predicted octanol–water partition coefficient (Wildman–Crippen LogP) is 3.72. The van der Waals surface area contributed by atoms with Crippen LogP contribution in [-0.2, 0) is 17.6 Å². The molecule has 1 aliphatic heterocycles. The van der Waals surface area contributed by atoms with Gasteiger partial charge in [0.05, 0.1) is 5.56 Å². The van der Waals surface area contributed by atoms with Crippen molar-refractivity contribution in [2.45, 2.75) is 57.5 Å². The molecule has 0 unspecified atom stereocenters. The molecule has 4 rings (SSSR count). The Hall–Kier alpha value is -1.03. The number of nitrogens with one attached hydrogen (secondary N) is 1. The number of hydrogen-bond donors (Lipinski definition) is 1. The van der Waals surface area contributed by atoms with Crippen LogP contribution in [0.4, 0.5) is 5.00 Å². The lowest BCUT2D eigenvalue weighted by Crippen LogP contribution is -2.25. The minimum Gasteiger partial charge on any atom is -0.474 e. The molecule has 1 N–H and O–H groups in total. The van der Waals surface area contributed by atoms with Crippen molar-refractivity contribution in [3.8, 4) is 0 Å². The monoisotopic (exact) mass is 276 g/mol. The third kappa shape index (κ3) is 2.06. The van der Waals surface area contributed by atoms with E-state index in [1.54, 1.807) is 4.88 Å². The van der Waals surface area contributed by atoms with Gasteiger partial charge >= 0.3 is 0 Å². The molecule has 0 saturated heterocycles. The summed E-state index contributed by atoms with van der Waals surface area (Å²) in [6, 6.07) is 0. The van der Waals surface area contributed by atoms with E-state index in [2.05, 4.69) is 10.3 Å². The summed E-state index contributed by atoms with van der Waals surface area (Å²) in [4.78, 5) is 6.16. The maximum atomic E-state index is 6.26. The Bertz CT molecular complexity index is 514. The van der Waals surface area contributed by atoms with E-state index in [9.17, 15) is 0 Å². The zero-order valence-electron chi connectivity index (χ0n) is 11.2. The van der Waals surface area contributed by atoms with Gasteiger partial charge < -0.3 is 10.1 Å². The number of nitrogens with zero attached hydrogens (tertiary/aromatic N) is 1. The third-order valence-corrected chi connectivity index (χ3v) is 5.68. The summed E-state index contributed by atoms with van der Waals surface area (Å²) in [7, 11) is 0. The van der Waals surface area contributed by atoms with E-state index in [0.29, 0.717) is 12.8 Å². The van der Waals surface area contributed by atoms with Gasteiger partial charge in [-0.2, -0.15) is 0 Å². The van der Waals surface area contributed by atoms with Crippen LogP contribution in [-0.4, -0.2) is 18.7 Å². The number of anilines is 1. The van der Waals surface area contributed by atoms with Gasteiger partial charge in [0.15, 0.2) is 0 Å². The van der Waals surface area contributed by atoms with Crippen LogP contribution in [0, 0.1) is 0 Å². The molecular formula is C15H20N2OS. The van der Waals surface area contributed by atoms with E-state index < -0.39 is 0 Å². The largest absolute Gasteiger partial charge is 0.474 e. The van der Waals surface area contributed by atoms with Gasteiger partial charge in [-0.25, -0.2) is 4.99 Å². The SMILES string of the molecule is C1CCC(OC2=NCNc3sc4c(c32)CCC4)CC1. The number of ether oxygens (including phenoxy) is 1. The first-order chi connectivity index (χ1) is 9.42. The van der Waals surface area contributed by atoms with Crippen LogP contribution in [0.15, 0.2) is 4.99 Å². The second-order valence-electron chi connectivity index (χ2n) is 5.74. The van der Waals surface area contributed by atoms with Crippen LogP contribution >= 0.6 is 11.3 Å². The lowest BCUT2D eigenvalue weighted by molar-refractivity contribution is 0.143. The van der Waals surface area contributed by atoms with Crippen LogP contribution < -0.4 is 5.32 Å². The highest BCUT2D eigenvalue weighted by atomic mass is 32.1. The summed E-state index contributed by atoms with van der Waals surface area (Å²) in [5.74, 6) is 0.931. The molecule has 1 saturated carbocycles. The van der Waals surface area contributed by atoms with E-state index in [-0.39, 0.29) is 0 Å². The van der Waals surface area contributed by atoms with E-state index >= 15 is 0 Å². The Balaban J connectivity index is 1.61. The van der Waals surface area contributed by atoms with Crippen molar-refractivity contribution in [2.75, 3.05) is 12.0 Å². The molecule has 0 amide bonds. The number of aryl methyl sites for hydroxylation is 1. The Morgan fingerprint density at radius 3 is 2.89 bits per heavy atom. The number of fused-ring (bicyclic) bond motifs is 3. The molecule has 102 valence electrons. The lowest BCUT2D eigenvalue weighted by atomic mass is 9.97. The maximum Gasteiger partial charge on any atom is 0.221 e. The van der Waals surface area contributed by atoms with Crippen LogP contribution in [0.3, 0.4) is 0 Å². The molecule has 3 nitrogen and oxygen atoms in total. The van der Waals surface area contributed by atoms with Crippen molar-refractivity contribution in [3.63, 3.8) is 0 Å². The fourth-order valence-electron chi connectivity index (χ4n) is 3.45. The van der Waals surface area contributed by atoms with Crippen molar-refractivity contribution >= 4 is 22.2 Å². The van der Waals surface area contributed by atoms with Gasteiger partial charge in [0.25, 0.3) is 0 Å². The zero-order valence-corrected chi connectivity index (χ0v) is 12.0. The molecule has 1 fully saturated rings. The second-order valence-corrected chi connectivity index (χ2v) is 6.84. The summed E-state index contributed by atoms with van der Waals surface area (Å²) >= 11 is 1.92. The summed E-state index contributed by atoms with van der Waals surface area (Å²) in [5.41, 5.74) is 2.82. The summed E-state index contributed by atoms with van der Waals surface area (Å²) < 4.78 is 6.26. The highest BCUT2D eigenvalue weighted by Gasteiger charge is 2.29. The Kier molecular flexibility index (Phi) is 2.98. The first-order valence-electron chi connectivity index (χ1n) is 7.52. The minimum atomic E-state index is 0.399. The first-order valence-corrected chi connectivity index (χ1v) is 8.33. The number of hydrogen-bond acceptors (Lipinski definition) is 4. The molecule has 3 aliphatic rings. The molecule has 2 aliphatic carbocycles. The standard InChI is InChI=1S/C15H20N2OS/c1-2-5-10(6-3-1)18-14-13-11-7-4-8-12(11)19-15(13)17-9-16-14/h10,17H,1-9H2. The Morgan fingerprint density at radius 2 is 2.00 bits per heavy atom. The van der Waals surface area contributed by atoms with Gasteiger partial charge in [-0.05, 0) is 50.5 Å². The molecule has 0 radical (unpaired) electrons. The van der Waals surface area contributed by atoms with Gasteiger partial charge in [-0.15, -0.1) is 11.3 Å². The Morgan fingerprint density at radius 1 is 1.11 bits per heavy atom.